The van der Waals surface area contributed by atoms with Crippen molar-refractivity contribution in [2.45, 2.75) is 57.2 Å². The molecule has 6 nitrogen and oxygen atoms in total. The number of nitrogens with zero attached hydrogens (tertiary/aromatic N) is 1. The van der Waals surface area contributed by atoms with E-state index in [-0.39, 0.29) is 36.3 Å². The van der Waals surface area contributed by atoms with Gasteiger partial charge < -0.3 is 10.6 Å². The Bertz CT molecular complexity index is 583. The third kappa shape index (κ3) is 6.20. The minimum Gasteiger partial charge on any atom is -0.353 e. The Hall–Kier alpha value is -0.0800. The summed E-state index contributed by atoms with van der Waals surface area (Å²) in [5.41, 5.74) is -0.190. The van der Waals surface area contributed by atoms with Gasteiger partial charge in [-0.2, -0.15) is 0 Å². The number of likely N-dealkylation sites (tertiary alicyclic amines) is 1. The first-order valence-electron chi connectivity index (χ1n) is 9.41. The second-order valence-electron chi connectivity index (χ2n) is 8.86. The lowest BCUT2D eigenvalue weighted by Gasteiger charge is -2.45. The van der Waals surface area contributed by atoms with Crippen molar-refractivity contribution in [1.82, 2.24) is 15.5 Å². The van der Waals surface area contributed by atoms with Crippen molar-refractivity contribution in [2.24, 2.45) is 11.8 Å². The summed E-state index contributed by atoms with van der Waals surface area (Å²) in [4.78, 5) is 15.3. The van der Waals surface area contributed by atoms with Gasteiger partial charge in [-0.05, 0) is 58.0 Å². The highest BCUT2D eigenvalue weighted by molar-refractivity contribution is 7.92. The first kappa shape index (κ1) is 26.9. The van der Waals surface area contributed by atoms with Crippen LogP contribution in [-0.4, -0.2) is 68.5 Å². The van der Waals surface area contributed by atoms with Gasteiger partial charge in [-0.1, -0.05) is 13.8 Å². The van der Waals surface area contributed by atoms with E-state index in [2.05, 4.69) is 43.2 Å². The van der Waals surface area contributed by atoms with Crippen LogP contribution in [0.15, 0.2) is 0 Å². The summed E-state index contributed by atoms with van der Waals surface area (Å²) < 4.78 is 23.4. The minimum absolute atomic E-state index is 0. The summed E-state index contributed by atoms with van der Waals surface area (Å²) >= 11 is 0. The number of carbonyl (C=O) groups is 1. The molecule has 0 bridgehead atoms. The molecule has 0 aliphatic carbocycles. The topological polar surface area (TPSA) is 78.5 Å². The summed E-state index contributed by atoms with van der Waals surface area (Å²) in [5.74, 6) is 0.957. The Morgan fingerprint density at radius 2 is 1.63 bits per heavy atom. The fraction of sp³-hybridized carbons (Fsp3) is 0.944. The lowest BCUT2D eigenvalue weighted by molar-refractivity contribution is -0.125. The minimum atomic E-state index is -3.46. The van der Waals surface area contributed by atoms with Crippen LogP contribution in [-0.2, 0) is 14.6 Å². The van der Waals surface area contributed by atoms with E-state index in [0.717, 1.165) is 13.1 Å². The highest BCUT2D eigenvalue weighted by Crippen LogP contribution is 2.29. The van der Waals surface area contributed by atoms with Crippen molar-refractivity contribution in [3.63, 3.8) is 0 Å². The summed E-state index contributed by atoms with van der Waals surface area (Å²) in [6.07, 6.45) is 3.12. The molecule has 27 heavy (non-hydrogen) atoms. The van der Waals surface area contributed by atoms with Gasteiger partial charge >= 0.3 is 0 Å². The molecule has 0 radical (unpaired) electrons. The third-order valence-corrected chi connectivity index (χ3v) is 7.95. The predicted molar refractivity (Wildman–Crippen MR) is 116 cm³/mol. The summed E-state index contributed by atoms with van der Waals surface area (Å²) in [7, 11) is -3.46. The SMILES string of the molecule is CC1CC(C)CN(C(C)(C)CNC(=O)C2(S(C)(=O)=O)CCNCC2)C1.Cl.Cl. The van der Waals surface area contributed by atoms with E-state index in [9.17, 15) is 13.2 Å². The van der Waals surface area contributed by atoms with Gasteiger partial charge in [0.2, 0.25) is 5.91 Å². The van der Waals surface area contributed by atoms with Crippen molar-refractivity contribution in [2.75, 3.05) is 39.0 Å². The van der Waals surface area contributed by atoms with E-state index >= 15 is 0 Å². The molecule has 0 saturated carbocycles. The lowest BCUT2D eigenvalue weighted by Crippen LogP contribution is -2.61. The number of rotatable bonds is 5. The van der Waals surface area contributed by atoms with E-state index in [0.29, 0.717) is 44.3 Å². The van der Waals surface area contributed by atoms with Crippen LogP contribution in [0.3, 0.4) is 0 Å². The number of halogens is 2. The van der Waals surface area contributed by atoms with Crippen molar-refractivity contribution in [3.8, 4) is 0 Å². The zero-order valence-corrected chi connectivity index (χ0v) is 19.7. The Balaban J connectivity index is 0.00000338. The molecule has 0 aromatic carbocycles. The molecule has 9 heteroatoms. The van der Waals surface area contributed by atoms with Crippen LogP contribution in [0, 0.1) is 11.8 Å². The zero-order valence-electron chi connectivity index (χ0n) is 17.2. The maximum Gasteiger partial charge on any atom is 0.241 e. The molecule has 2 atom stereocenters. The lowest BCUT2D eigenvalue weighted by atomic mass is 9.87. The smallest absolute Gasteiger partial charge is 0.241 e. The van der Waals surface area contributed by atoms with Gasteiger partial charge in [-0.15, -0.1) is 24.8 Å². The molecule has 2 aliphatic heterocycles. The Morgan fingerprint density at radius 1 is 1.15 bits per heavy atom. The molecule has 2 saturated heterocycles. The first-order chi connectivity index (χ1) is 11.5. The molecule has 2 fully saturated rings. The highest BCUT2D eigenvalue weighted by Gasteiger charge is 2.49. The highest BCUT2D eigenvalue weighted by atomic mass is 35.5. The molecule has 2 N–H and O–H groups in total. The quantitative estimate of drug-likeness (QED) is 0.674. The number of piperidine rings is 2. The summed E-state index contributed by atoms with van der Waals surface area (Å²) in [6.45, 7) is 12.4. The van der Waals surface area contributed by atoms with Gasteiger partial charge in [0.25, 0.3) is 0 Å². The van der Waals surface area contributed by atoms with Crippen molar-refractivity contribution < 1.29 is 13.2 Å². The first-order valence-corrected chi connectivity index (χ1v) is 11.3. The zero-order chi connectivity index (χ0) is 18.9. The van der Waals surface area contributed by atoms with Gasteiger partial charge in [-0.25, -0.2) is 8.42 Å². The largest absolute Gasteiger partial charge is 0.353 e. The van der Waals surface area contributed by atoms with Crippen LogP contribution in [0.1, 0.15) is 47.0 Å². The van der Waals surface area contributed by atoms with Crippen LogP contribution in [0.4, 0.5) is 0 Å². The molecule has 0 spiro atoms. The number of hydrogen-bond donors (Lipinski definition) is 2. The standard InChI is InChI=1S/C18H35N3O3S.2ClH/c1-14-10-15(2)12-21(11-14)17(3,4)13-20-16(22)18(25(5,23)24)6-8-19-9-7-18;;/h14-15,19H,6-13H2,1-5H3,(H,20,22);2*1H. The van der Waals surface area contributed by atoms with E-state index < -0.39 is 14.6 Å². The van der Waals surface area contributed by atoms with Crippen LogP contribution >= 0.6 is 24.8 Å². The van der Waals surface area contributed by atoms with Crippen molar-refractivity contribution >= 4 is 40.6 Å². The average molecular weight is 446 g/mol. The fourth-order valence-corrected chi connectivity index (χ4v) is 5.68. The molecular weight excluding hydrogens is 409 g/mol. The second kappa shape index (κ2) is 10.1. The monoisotopic (exact) mass is 445 g/mol. The van der Waals surface area contributed by atoms with Gasteiger partial charge in [-0.3, -0.25) is 9.69 Å². The third-order valence-electron chi connectivity index (χ3n) is 5.94. The Kier molecular flexibility index (Phi) is 10.1. The molecular formula is C18H37Cl2N3O3S. The van der Waals surface area contributed by atoms with Crippen molar-refractivity contribution in [1.29, 1.82) is 0 Å². The predicted octanol–water partition coefficient (Wildman–Crippen LogP) is 1.87. The molecule has 1 amide bonds. The number of hydrogen-bond acceptors (Lipinski definition) is 5. The molecule has 0 aromatic heterocycles. The number of nitrogens with one attached hydrogen (secondary N) is 2. The average Bonchev–Trinajstić information content (AvgIpc) is 2.51. The van der Waals surface area contributed by atoms with Crippen LogP contribution in [0.5, 0.6) is 0 Å². The number of sulfone groups is 1. The van der Waals surface area contributed by atoms with Gasteiger partial charge in [0.05, 0.1) is 0 Å². The Morgan fingerprint density at radius 3 is 2.07 bits per heavy atom. The summed E-state index contributed by atoms with van der Waals surface area (Å²) in [5, 5.41) is 6.13. The van der Waals surface area contributed by atoms with E-state index in [1.165, 1.54) is 12.7 Å². The van der Waals surface area contributed by atoms with Gasteiger partial charge in [0.15, 0.2) is 14.6 Å². The number of carbonyl (C=O) groups excluding carboxylic acids is 1. The van der Waals surface area contributed by atoms with E-state index in [1.54, 1.807) is 0 Å². The van der Waals surface area contributed by atoms with Gasteiger partial charge in [0, 0.05) is 31.4 Å². The molecule has 2 rings (SSSR count). The summed E-state index contributed by atoms with van der Waals surface area (Å²) in [6, 6.07) is 0. The molecule has 2 unspecified atom stereocenters. The number of amides is 1. The molecule has 2 heterocycles. The molecule has 162 valence electrons. The Labute approximate surface area is 177 Å². The van der Waals surface area contributed by atoms with Gasteiger partial charge in [0.1, 0.15) is 0 Å². The normalized spacial score (nSPS) is 26.4. The second-order valence-corrected chi connectivity index (χ2v) is 11.2. The maximum atomic E-state index is 12.9. The van der Waals surface area contributed by atoms with Crippen molar-refractivity contribution in [3.05, 3.63) is 0 Å². The van der Waals surface area contributed by atoms with E-state index in [1.807, 2.05) is 0 Å². The molecule has 0 aromatic rings. The molecule has 2 aliphatic rings. The van der Waals surface area contributed by atoms with Crippen LogP contribution in [0.25, 0.3) is 0 Å². The van der Waals surface area contributed by atoms with Crippen LogP contribution in [0.2, 0.25) is 0 Å². The maximum absolute atomic E-state index is 12.9. The van der Waals surface area contributed by atoms with Crippen LogP contribution < -0.4 is 10.6 Å². The fourth-order valence-electron chi connectivity index (χ4n) is 4.32. The van der Waals surface area contributed by atoms with E-state index in [4.69, 9.17) is 0 Å².